The molecular weight excluding hydrogens is 418 g/mol. The highest BCUT2D eigenvalue weighted by Gasteiger charge is 2.13. The van der Waals surface area contributed by atoms with E-state index in [2.05, 4.69) is 52.4 Å². The summed E-state index contributed by atoms with van der Waals surface area (Å²) in [6.07, 6.45) is 2.70. The molecule has 0 aliphatic rings. The van der Waals surface area contributed by atoms with Gasteiger partial charge < -0.3 is 15.5 Å². The molecule has 6 heteroatoms. The van der Waals surface area contributed by atoms with Crippen LogP contribution in [0.2, 0.25) is 0 Å². The molecule has 166 valence electrons. The minimum Gasteiger partial charge on any atom is -0.355 e. The molecule has 0 bridgehead atoms. The Balaban J connectivity index is 1.56. The number of hydrogen-bond acceptors (Lipinski definition) is 4. The first kappa shape index (κ1) is 23.4. The number of unbranched alkanes of at least 4 members (excludes halogenated alkanes) is 2. The number of amides is 2. The molecule has 32 heavy (non-hydrogen) atoms. The number of nitrogens with zero attached hydrogens (tertiary/aromatic N) is 1. The fraction of sp³-hybridized carbons (Fsp3) is 0.231. The Labute approximate surface area is 195 Å². The Bertz CT molecular complexity index is 939. The molecule has 0 saturated carbocycles. The average Bonchev–Trinajstić information content (AvgIpc) is 2.85. The van der Waals surface area contributed by atoms with E-state index in [9.17, 15) is 9.59 Å². The van der Waals surface area contributed by atoms with Crippen molar-refractivity contribution in [3.05, 3.63) is 90.5 Å². The first-order valence-corrected chi connectivity index (χ1v) is 11.5. The van der Waals surface area contributed by atoms with E-state index in [1.807, 2.05) is 60.7 Å². The van der Waals surface area contributed by atoms with Crippen molar-refractivity contribution < 1.29 is 9.59 Å². The molecule has 3 rings (SSSR count). The van der Waals surface area contributed by atoms with Gasteiger partial charge in [-0.15, -0.1) is 0 Å². The van der Waals surface area contributed by atoms with Crippen molar-refractivity contribution >= 4 is 41.5 Å². The van der Waals surface area contributed by atoms with E-state index in [1.54, 1.807) is 0 Å². The Morgan fingerprint density at radius 2 is 1.16 bits per heavy atom. The SMILES string of the molecule is O=C(CS)NCCCCCNC(=O)c1ccc(N(c2ccccc2)c2ccccc2)cc1. The summed E-state index contributed by atoms with van der Waals surface area (Å²) in [5.74, 6) is 0.0811. The third-order valence-electron chi connectivity index (χ3n) is 5.02. The van der Waals surface area contributed by atoms with Crippen LogP contribution in [0.3, 0.4) is 0 Å². The van der Waals surface area contributed by atoms with Crippen LogP contribution in [0.4, 0.5) is 17.1 Å². The lowest BCUT2D eigenvalue weighted by Gasteiger charge is -2.25. The molecule has 0 spiro atoms. The van der Waals surface area contributed by atoms with Gasteiger partial charge in [0.15, 0.2) is 0 Å². The van der Waals surface area contributed by atoms with Gasteiger partial charge >= 0.3 is 0 Å². The standard InChI is InChI=1S/C26H29N3O2S/c30-25(20-32)27-18-8-3-9-19-28-26(31)21-14-16-24(17-15-21)29(22-10-4-1-5-11-22)23-12-6-2-7-13-23/h1-2,4-7,10-17,32H,3,8-9,18-20H2,(H,27,30)(H,28,31). The van der Waals surface area contributed by atoms with Crippen LogP contribution in [-0.4, -0.2) is 30.7 Å². The summed E-state index contributed by atoms with van der Waals surface area (Å²) < 4.78 is 0. The molecule has 3 aromatic rings. The minimum atomic E-state index is -0.0779. The molecule has 2 amide bonds. The van der Waals surface area contributed by atoms with Crippen molar-refractivity contribution in [2.45, 2.75) is 19.3 Å². The Kier molecular flexibility index (Phi) is 9.20. The number of carbonyl (C=O) groups excluding carboxylic acids is 2. The second-order valence-corrected chi connectivity index (χ2v) is 7.69. The molecule has 0 aliphatic carbocycles. The lowest BCUT2D eigenvalue weighted by Crippen LogP contribution is -2.26. The predicted molar refractivity (Wildman–Crippen MR) is 134 cm³/mol. The van der Waals surface area contributed by atoms with Crippen molar-refractivity contribution in [3.63, 3.8) is 0 Å². The summed E-state index contributed by atoms with van der Waals surface area (Å²) in [7, 11) is 0. The number of carbonyl (C=O) groups is 2. The molecule has 0 radical (unpaired) electrons. The molecule has 0 saturated heterocycles. The topological polar surface area (TPSA) is 61.4 Å². The van der Waals surface area contributed by atoms with Gasteiger partial charge in [-0.05, 0) is 67.8 Å². The Morgan fingerprint density at radius 3 is 1.69 bits per heavy atom. The second-order valence-electron chi connectivity index (χ2n) is 7.38. The van der Waals surface area contributed by atoms with Crippen LogP contribution in [-0.2, 0) is 4.79 Å². The van der Waals surface area contributed by atoms with E-state index >= 15 is 0 Å². The van der Waals surface area contributed by atoms with Crippen molar-refractivity contribution in [2.75, 3.05) is 23.7 Å². The lowest BCUT2D eigenvalue weighted by molar-refractivity contribution is -0.118. The van der Waals surface area contributed by atoms with Crippen LogP contribution in [0.25, 0.3) is 0 Å². The van der Waals surface area contributed by atoms with Crippen LogP contribution in [0, 0.1) is 0 Å². The first-order chi connectivity index (χ1) is 15.7. The van der Waals surface area contributed by atoms with Gasteiger partial charge in [0.25, 0.3) is 5.91 Å². The maximum absolute atomic E-state index is 12.5. The number of thiol groups is 1. The predicted octanol–water partition coefficient (Wildman–Crippen LogP) is 5.10. The van der Waals surface area contributed by atoms with Gasteiger partial charge in [0.05, 0.1) is 5.75 Å². The van der Waals surface area contributed by atoms with Gasteiger partial charge in [0.2, 0.25) is 5.91 Å². The monoisotopic (exact) mass is 447 g/mol. The zero-order valence-electron chi connectivity index (χ0n) is 18.0. The van der Waals surface area contributed by atoms with Gasteiger partial charge in [-0.1, -0.05) is 36.4 Å². The highest BCUT2D eigenvalue weighted by molar-refractivity contribution is 7.81. The average molecular weight is 448 g/mol. The Hall–Kier alpha value is -3.25. The summed E-state index contributed by atoms with van der Waals surface area (Å²) in [6.45, 7) is 1.26. The maximum atomic E-state index is 12.5. The van der Waals surface area contributed by atoms with Gasteiger partial charge in [-0.2, -0.15) is 12.6 Å². The molecule has 0 aromatic heterocycles. The number of anilines is 3. The largest absolute Gasteiger partial charge is 0.355 e. The number of para-hydroxylation sites is 2. The molecule has 0 unspecified atom stereocenters. The summed E-state index contributed by atoms with van der Waals surface area (Å²) in [5.41, 5.74) is 3.74. The molecule has 0 fully saturated rings. The zero-order chi connectivity index (χ0) is 22.6. The second kappa shape index (κ2) is 12.6. The molecule has 0 aliphatic heterocycles. The maximum Gasteiger partial charge on any atom is 0.251 e. The highest BCUT2D eigenvalue weighted by Crippen LogP contribution is 2.33. The van der Waals surface area contributed by atoms with Crippen LogP contribution in [0.1, 0.15) is 29.6 Å². The molecule has 0 heterocycles. The minimum absolute atomic E-state index is 0.0526. The van der Waals surface area contributed by atoms with Gasteiger partial charge in [-0.3, -0.25) is 9.59 Å². The van der Waals surface area contributed by atoms with Crippen LogP contribution < -0.4 is 15.5 Å². The van der Waals surface area contributed by atoms with E-state index in [-0.39, 0.29) is 17.6 Å². The van der Waals surface area contributed by atoms with E-state index in [4.69, 9.17) is 0 Å². The molecule has 2 N–H and O–H groups in total. The third kappa shape index (κ3) is 6.89. The zero-order valence-corrected chi connectivity index (χ0v) is 18.9. The van der Waals surface area contributed by atoms with Gasteiger partial charge in [0.1, 0.15) is 0 Å². The summed E-state index contributed by atoms with van der Waals surface area (Å²) in [4.78, 5) is 25.8. The molecule has 5 nitrogen and oxygen atoms in total. The van der Waals surface area contributed by atoms with Crippen LogP contribution in [0.15, 0.2) is 84.9 Å². The lowest BCUT2D eigenvalue weighted by atomic mass is 10.1. The number of hydrogen-bond donors (Lipinski definition) is 3. The van der Waals surface area contributed by atoms with Crippen LogP contribution in [0.5, 0.6) is 0 Å². The smallest absolute Gasteiger partial charge is 0.251 e. The van der Waals surface area contributed by atoms with E-state index in [0.29, 0.717) is 18.7 Å². The summed E-state index contributed by atoms with van der Waals surface area (Å²) in [6, 6.07) is 28.0. The highest BCUT2D eigenvalue weighted by atomic mass is 32.1. The van der Waals surface area contributed by atoms with Crippen molar-refractivity contribution in [2.24, 2.45) is 0 Å². The Morgan fingerprint density at radius 1 is 0.656 bits per heavy atom. The fourth-order valence-electron chi connectivity index (χ4n) is 3.38. The number of nitrogens with one attached hydrogen (secondary N) is 2. The van der Waals surface area contributed by atoms with Crippen molar-refractivity contribution in [1.29, 1.82) is 0 Å². The molecular formula is C26H29N3O2S. The summed E-state index contributed by atoms with van der Waals surface area (Å²) in [5, 5.41) is 5.76. The van der Waals surface area contributed by atoms with E-state index in [0.717, 1.165) is 36.3 Å². The quantitative estimate of drug-likeness (QED) is 0.283. The van der Waals surface area contributed by atoms with Crippen molar-refractivity contribution in [1.82, 2.24) is 10.6 Å². The van der Waals surface area contributed by atoms with Gasteiger partial charge in [-0.25, -0.2) is 0 Å². The van der Waals surface area contributed by atoms with Crippen LogP contribution >= 0.6 is 12.6 Å². The fourth-order valence-corrected chi connectivity index (χ4v) is 3.49. The number of benzene rings is 3. The molecule has 3 aromatic carbocycles. The summed E-state index contributed by atoms with van der Waals surface area (Å²) >= 11 is 3.92. The van der Waals surface area contributed by atoms with E-state index in [1.165, 1.54) is 0 Å². The van der Waals surface area contributed by atoms with E-state index < -0.39 is 0 Å². The normalized spacial score (nSPS) is 10.4. The van der Waals surface area contributed by atoms with Crippen molar-refractivity contribution in [3.8, 4) is 0 Å². The number of rotatable bonds is 11. The molecule has 0 atom stereocenters. The first-order valence-electron chi connectivity index (χ1n) is 10.8. The third-order valence-corrected chi connectivity index (χ3v) is 5.31. The van der Waals surface area contributed by atoms with Gasteiger partial charge in [0, 0.05) is 35.7 Å².